The van der Waals surface area contributed by atoms with Crippen LogP contribution in [0.15, 0.2) is 53.5 Å². The Balaban J connectivity index is 0.00000385. The molecule has 1 saturated heterocycles. The number of nitro groups is 1. The zero-order valence-electron chi connectivity index (χ0n) is 19.0. The lowest BCUT2D eigenvalue weighted by atomic mass is 10.0. The highest BCUT2D eigenvalue weighted by Crippen LogP contribution is 2.23. The van der Waals surface area contributed by atoms with E-state index in [-0.39, 0.29) is 35.7 Å². The summed E-state index contributed by atoms with van der Waals surface area (Å²) < 4.78 is 10.8. The molecule has 1 aliphatic heterocycles. The van der Waals surface area contributed by atoms with Crippen LogP contribution in [0.1, 0.15) is 24.1 Å². The predicted octanol–water partition coefficient (Wildman–Crippen LogP) is 3.35. The number of nitrogens with zero attached hydrogens (tertiary/aromatic N) is 3. The third-order valence-corrected chi connectivity index (χ3v) is 5.34. The quantitative estimate of drug-likeness (QED) is 0.157. The Morgan fingerprint density at radius 1 is 1.21 bits per heavy atom. The van der Waals surface area contributed by atoms with E-state index in [1.807, 2.05) is 25.1 Å². The van der Waals surface area contributed by atoms with Crippen LogP contribution >= 0.6 is 24.0 Å². The van der Waals surface area contributed by atoms with E-state index >= 15 is 0 Å². The first-order valence-electron chi connectivity index (χ1n) is 10.8. The van der Waals surface area contributed by atoms with E-state index in [4.69, 9.17) is 9.47 Å². The van der Waals surface area contributed by atoms with Crippen molar-refractivity contribution >= 4 is 35.6 Å². The molecule has 2 aromatic rings. The summed E-state index contributed by atoms with van der Waals surface area (Å²) in [5.41, 5.74) is 2.05. The highest BCUT2D eigenvalue weighted by molar-refractivity contribution is 14.0. The molecule has 9 nitrogen and oxygen atoms in total. The van der Waals surface area contributed by atoms with Gasteiger partial charge in [0.05, 0.1) is 37.8 Å². The van der Waals surface area contributed by atoms with Gasteiger partial charge < -0.3 is 20.1 Å². The van der Waals surface area contributed by atoms with Crippen molar-refractivity contribution in [3.63, 3.8) is 0 Å². The summed E-state index contributed by atoms with van der Waals surface area (Å²) in [6.07, 6.45) is 0. The van der Waals surface area contributed by atoms with Crippen molar-refractivity contribution < 1.29 is 14.4 Å². The predicted molar refractivity (Wildman–Crippen MR) is 139 cm³/mol. The van der Waals surface area contributed by atoms with Crippen LogP contribution in [-0.2, 0) is 11.3 Å². The molecule has 2 aromatic carbocycles. The van der Waals surface area contributed by atoms with Crippen LogP contribution in [-0.4, -0.2) is 62.3 Å². The van der Waals surface area contributed by atoms with Crippen molar-refractivity contribution in [1.29, 1.82) is 0 Å². The topological polar surface area (TPSA) is 101 Å². The van der Waals surface area contributed by atoms with Crippen LogP contribution in [0.4, 0.5) is 5.69 Å². The van der Waals surface area contributed by atoms with E-state index in [2.05, 4.69) is 32.7 Å². The van der Waals surface area contributed by atoms with Gasteiger partial charge in [0.2, 0.25) is 0 Å². The molecule has 180 valence electrons. The van der Waals surface area contributed by atoms with Gasteiger partial charge in [0.25, 0.3) is 5.69 Å². The first kappa shape index (κ1) is 26.8. The van der Waals surface area contributed by atoms with Gasteiger partial charge in [0, 0.05) is 38.3 Å². The molecule has 0 saturated carbocycles. The highest BCUT2D eigenvalue weighted by atomic mass is 127. The number of morpholine rings is 1. The standard InChI is InChI=1S/C23H31N5O4.HI/c1-3-24-23(25-16-18-5-4-6-20(15-18)28(29)30)26-17-22(27-11-13-32-14-12-27)19-7-9-21(31-2)10-8-19;/h4-10,15,22H,3,11-14,16-17H2,1-2H3,(H2,24,25,26);1H. The molecule has 0 spiro atoms. The fourth-order valence-electron chi connectivity index (χ4n) is 3.65. The summed E-state index contributed by atoms with van der Waals surface area (Å²) >= 11 is 0. The molecule has 0 aliphatic carbocycles. The zero-order chi connectivity index (χ0) is 22.8. The second-order valence-corrected chi connectivity index (χ2v) is 7.44. The maximum Gasteiger partial charge on any atom is 0.269 e. The van der Waals surface area contributed by atoms with Crippen molar-refractivity contribution in [3.05, 3.63) is 69.8 Å². The Labute approximate surface area is 211 Å². The van der Waals surface area contributed by atoms with E-state index in [9.17, 15) is 10.1 Å². The van der Waals surface area contributed by atoms with Crippen LogP contribution in [0.2, 0.25) is 0 Å². The number of guanidine groups is 1. The average molecular weight is 569 g/mol. The molecule has 2 N–H and O–H groups in total. The van der Waals surface area contributed by atoms with Crippen LogP contribution in [0.5, 0.6) is 5.75 Å². The molecule has 1 aliphatic rings. The number of hydrogen-bond acceptors (Lipinski definition) is 6. The third kappa shape index (κ3) is 8.13. The van der Waals surface area contributed by atoms with Crippen LogP contribution in [0, 0.1) is 10.1 Å². The van der Waals surface area contributed by atoms with Crippen LogP contribution in [0.25, 0.3) is 0 Å². The number of rotatable bonds is 9. The zero-order valence-corrected chi connectivity index (χ0v) is 21.4. The van der Waals surface area contributed by atoms with Gasteiger partial charge in [0.1, 0.15) is 5.75 Å². The molecule has 1 heterocycles. The van der Waals surface area contributed by atoms with Crippen molar-refractivity contribution in [2.45, 2.75) is 19.5 Å². The fraction of sp³-hybridized carbons (Fsp3) is 0.435. The minimum atomic E-state index is -0.390. The second kappa shape index (κ2) is 14.0. The Morgan fingerprint density at radius 2 is 1.94 bits per heavy atom. The van der Waals surface area contributed by atoms with Crippen molar-refractivity contribution in [2.75, 3.05) is 46.5 Å². The minimum absolute atomic E-state index is 0. The molecule has 3 rings (SSSR count). The molecular formula is C23H32IN5O4. The summed E-state index contributed by atoms with van der Waals surface area (Å²) in [7, 11) is 1.66. The molecule has 10 heteroatoms. The largest absolute Gasteiger partial charge is 0.497 e. The Morgan fingerprint density at radius 3 is 2.58 bits per heavy atom. The summed E-state index contributed by atoms with van der Waals surface area (Å²) in [5.74, 6) is 1.50. The fourth-order valence-corrected chi connectivity index (χ4v) is 3.65. The lowest BCUT2D eigenvalue weighted by molar-refractivity contribution is -0.384. The number of methoxy groups -OCH3 is 1. The van der Waals surface area contributed by atoms with E-state index in [1.165, 1.54) is 11.6 Å². The van der Waals surface area contributed by atoms with Gasteiger partial charge in [-0.1, -0.05) is 24.3 Å². The lowest BCUT2D eigenvalue weighted by Crippen LogP contribution is -2.46. The van der Waals surface area contributed by atoms with Gasteiger partial charge in [-0.15, -0.1) is 24.0 Å². The molecule has 33 heavy (non-hydrogen) atoms. The van der Waals surface area contributed by atoms with Crippen molar-refractivity contribution in [3.8, 4) is 5.75 Å². The molecule has 1 atom stereocenters. The molecule has 0 radical (unpaired) electrons. The molecule has 1 unspecified atom stereocenters. The number of benzene rings is 2. The van der Waals surface area contributed by atoms with Gasteiger partial charge >= 0.3 is 0 Å². The van der Waals surface area contributed by atoms with Gasteiger partial charge in [-0.25, -0.2) is 4.99 Å². The molecule has 1 fully saturated rings. The monoisotopic (exact) mass is 569 g/mol. The van der Waals surface area contributed by atoms with Gasteiger partial charge in [-0.3, -0.25) is 15.0 Å². The third-order valence-electron chi connectivity index (χ3n) is 5.34. The van der Waals surface area contributed by atoms with Crippen molar-refractivity contribution in [1.82, 2.24) is 15.5 Å². The first-order valence-corrected chi connectivity index (χ1v) is 10.8. The first-order chi connectivity index (χ1) is 15.6. The maximum atomic E-state index is 11.0. The second-order valence-electron chi connectivity index (χ2n) is 7.44. The molecular weight excluding hydrogens is 537 g/mol. The van der Waals surface area contributed by atoms with E-state index in [0.29, 0.717) is 38.8 Å². The van der Waals surface area contributed by atoms with Gasteiger partial charge in [-0.2, -0.15) is 0 Å². The molecule has 0 amide bonds. The number of hydrogen-bond donors (Lipinski definition) is 2. The Bertz CT molecular complexity index is 904. The maximum absolute atomic E-state index is 11.0. The SMILES string of the molecule is CCNC(=NCc1cccc([N+](=O)[O-])c1)NCC(c1ccc(OC)cc1)N1CCOCC1.I. The van der Waals surface area contributed by atoms with E-state index in [0.717, 1.165) is 24.4 Å². The van der Waals surface area contributed by atoms with E-state index < -0.39 is 4.92 Å². The number of ether oxygens (including phenoxy) is 2. The summed E-state index contributed by atoms with van der Waals surface area (Å²) in [6, 6.07) is 14.8. The molecule has 0 aromatic heterocycles. The van der Waals surface area contributed by atoms with Crippen molar-refractivity contribution in [2.24, 2.45) is 4.99 Å². The highest BCUT2D eigenvalue weighted by Gasteiger charge is 2.23. The number of non-ortho nitro benzene ring substituents is 1. The lowest BCUT2D eigenvalue weighted by Gasteiger charge is -2.35. The van der Waals surface area contributed by atoms with E-state index in [1.54, 1.807) is 19.2 Å². The number of halogens is 1. The van der Waals surface area contributed by atoms with Crippen LogP contribution < -0.4 is 15.4 Å². The van der Waals surface area contributed by atoms with Gasteiger partial charge in [0.15, 0.2) is 5.96 Å². The summed E-state index contributed by atoms with van der Waals surface area (Å²) in [5, 5.41) is 17.7. The smallest absolute Gasteiger partial charge is 0.269 e. The number of aliphatic imine (C=N–C) groups is 1. The average Bonchev–Trinajstić information content (AvgIpc) is 2.83. The number of nitrogens with one attached hydrogen (secondary N) is 2. The normalized spacial score (nSPS) is 15.3. The Kier molecular flexibility index (Phi) is 11.3. The number of nitro benzene ring substituents is 1. The Hall–Kier alpha value is -2.44. The summed E-state index contributed by atoms with van der Waals surface area (Å²) in [6.45, 7) is 6.88. The molecule has 0 bridgehead atoms. The minimum Gasteiger partial charge on any atom is -0.497 e. The summed E-state index contributed by atoms with van der Waals surface area (Å²) in [4.78, 5) is 17.7. The van der Waals surface area contributed by atoms with Gasteiger partial charge in [-0.05, 0) is 30.2 Å². The van der Waals surface area contributed by atoms with Crippen LogP contribution in [0.3, 0.4) is 0 Å².